The van der Waals surface area contributed by atoms with Gasteiger partial charge in [0.25, 0.3) is 5.91 Å². The Morgan fingerprint density at radius 3 is 2.44 bits per heavy atom. The van der Waals surface area contributed by atoms with E-state index in [0.717, 1.165) is 28.1 Å². The van der Waals surface area contributed by atoms with Crippen LogP contribution in [0.25, 0.3) is 16.9 Å². The fourth-order valence-electron chi connectivity index (χ4n) is 2.76. The number of rotatable bonds is 4. The van der Waals surface area contributed by atoms with Gasteiger partial charge in [0.05, 0.1) is 11.4 Å². The van der Waals surface area contributed by atoms with Gasteiger partial charge in [-0.05, 0) is 51.0 Å². The lowest BCUT2D eigenvalue weighted by Crippen LogP contribution is -2.31. The molecule has 4 heteroatoms. The molecule has 25 heavy (non-hydrogen) atoms. The molecule has 1 N–H and O–H groups in total. The molecule has 0 saturated carbocycles. The summed E-state index contributed by atoms with van der Waals surface area (Å²) >= 11 is 0. The van der Waals surface area contributed by atoms with Gasteiger partial charge < -0.3 is 5.32 Å². The van der Waals surface area contributed by atoms with Crippen molar-refractivity contribution in [2.75, 3.05) is 0 Å². The SMILES string of the molecule is Cc1ccc(C)c(-n2nc(-c3ccccc3)cc2C(=O)NC(C)C)c1. The number of carbonyl (C=O) groups excluding carboxylic acids is 1. The minimum atomic E-state index is -0.120. The minimum Gasteiger partial charge on any atom is -0.349 e. The Kier molecular flexibility index (Phi) is 4.70. The van der Waals surface area contributed by atoms with Crippen molar-refractivity contribution in [1.29, 1.82) is 0 Å². The summed E-state index contributed by atoms with van der Waals surface area (Å²) in [6.45, 7) is 7.98. The van der Waals surface area contributed by atoms with Crippen LogP contribution >= 0.6 is 0 Å². The predicted molar refractivity (Wildman–Crippen MR) is 101 cm³/mol. The second kappa shape index (κ2) is 6.93. The van der Waals surface area contributed by atoms with E-state index < -0.39 is 0 Å². The fourth-order valence-corrected chi connectivity index (χ4v) is 2.76. The maximum Gasteiger partial charge on any atom is 0.270 e. The van der Waals surface area contributed by atoms with Crippen molar-refractivity contribution < 1.29 is 4.79 Å². The Morgan fingerprint density at radius 2 is 1.76 bits per heavy atom. The average Bonchev–Trinajstić information content (AvgIpc) is 3.02. The van der Waals surface area contributed by atoms with E-state index in [4.69, 9.17) is 5.10 Å². The number of hydrogen-bond donors (Lipinski definition) is 1. The van der Waals surface area contributed by atoms with Gasteiger partial charge in [-0.3, -0.25) is 4.79 Å². The highest BCUT2D eigenvalue weighted by molar-refractivity contribution is 5.94. The topological polar surface area (TPSA) is 46.9 Å². The van der Waals surface area contributed by atoms with E-state index in [0.29, 0.717) is 5.69 Å². The summed E-state index contributed by atoms with van der Waals surface area (Å²) in [6.07, 6.45) is 0. The third-order valence-corrected chi connectivity index (χ3v) is 4.02. The zero-order chi connectivity index (χ0) is 18.0. The number of benzene rings is 2. The van der Waals surface area contributed by atoms with Crippen molar-refractivity contribution >= 4 is 5.91 Å². The molecule has 3 rings (SSSR count). The van der Waals surface area contributed by atoms with E-state index in [-0.39, 0.29) is 11.9 Å². The van der Waals surface area contributed by atoms with Crippen LogP contribution in [-0.4, -0.2) is 21.7 Å². The third kappa shape index (κ3) is 3.63. The number of hydrogen-bond acceptors (Lipinski definition) is 2. The van der Waals surface area contributed by atoms with Crippen molar-refractivity contribution in [2.45, 2.75) is 33.7 Å². The van der Waals surface area contributed by atoms with Gasteiger partial charge in [0.1, 0.15) is 5.69 Å². The lowest BCUT2D eigenvalue weighted by Gasteiger charge is -2.12. The van der Waals surface area contributed by atoms with Gasteiger partial charge >= 0.3 is 0 Å². The number of amides is 1. The molecule has 0 saturated heterocycles. The average molecular weight is 333 g/mol. The van der Waals surface area contributed by atoms with E-state index in [1.54, 1.807) is 4.68 Å². The Labute approximate surface area is 148 Å². The highest BCUT2D eigenvalue weighted by Gasteiger charge is 2.19. The van der Waals surface area contributed by atoms with Crippen LogP contribution in [0.2, 0.25) is 0 Å². The van der Waals surface area contributed by atoms with Crippen LogP contribution in [0.1, 0.15) is 35.5 Å². The summed E-state index contributed by atoms with van der Waals surface area (Å²) in [4.78, 5) is 12.7. The maximum absolute atomic E-state index is 12.7. The summed E-state index contributed by atoms with van der Waals surface area (Å²) in [5.74, 6) is -0.120. The minimum absolute atomic E-state index is 0.0645. The van der Waals surface area contributed by atoms with E-state index in [2.05, 4.69) is 23.5 Å². The lowest BCUT2D eigenvalue weighted by atomic mass is 10.1. The largest absolute Gasteiger partial charge is 0.349 e. The molecule has 1 aromatic heterocycles. The number of nitrogens with one attached hydrogen (secondary N) is 1. The third-order valence-electron chi connectivity index (χ3n) is 4.02. The van der Waals surface area contributed by atoms with Crippen molar-refractivity contribution in [3.63, 3.8) is 0 Å². The van der Waals surface area contributed by atoms with Gasteiger partial charge in [-0.2, -0.15) is 5.10 Å². The lowest BCUT2D eigenvalue weighted by molar-refractivity contribution is 0.0935. The molecule has 128 valence electrons. The van der Waals surface area contributed by atoms with Crippen molar-refractivity contribution in [3.8, 4) is 16.9 Å². The van der Waals surface area contributed by atoms with E-state index in [1.807, 2.05) is 64.1 Å². The van der Waals surface area contributed by atoms with Gasteiger partial charge in [0.2, 0.25) is 0 Å². The Hall–Kier alpha value is -2.88. The number of nitrogens with zero attached hydrogens (tertiary/aromatic N) is 2. The molecule has 1 heterocycles. The van der Waals surface area contributed by atoms with Crippen LogP contribution in [0, 0.1) is 13.8 Å². The normalized spacial score (nSPS) is 10.9. The first-order chi connectivity index (χ1) is 12.0. The number of aryl methyl sites for hydroxylation is 2. The van der Waals surface area contributed by atoms with Gasteiger partial charge in [-0.1, -0.05) is 42.5 Å². The molecule has 0 spiro atoms. The number of aromatic nitrogens is 2. The summed E-state index contributed by atoms with van der Waals surface area (Å²) in [5, 5.41) is 7.71. The molecule has 0 aliphatic rings. The molecular weight excluding hydrogens is 310 g/mol. The second-order valence-corrected chi connectivity index (χ2v) is 6.61. The zero-order valence-corrected chi connectivity index (χ0v) is 15.1. The summed E-state index contributed by atoms with van der Waals surface area (Å²) < 4.78 is 1.75. The van der Waals surface area contributed by atoms with Crippen molar-refractivity contribution in [1.82, 2.24) is 15.1 Å². The van der Waals surface area contributed by atoms with E-state index in [9.17, 15) is 4.79 Å². The van der Waals surface area contributed by atoms with Crippen LogP contribution < -0.4 is 5.32 Å². The van der Waals surface area contributed by atoms with E-state index in [1.165, 1.54) is 0 Å². The standard InChI is InChI=1S/C21H23N3O/c1-14(2)22-21(25)20-13-18(17-8-6-5-7-9-17)23-24(20)19-12-15(3)10-11-16(19)4/h5-14H,1-4H3,(H,22,25). The molecule has 0 aliphatic heterocycles. The maximum atomic E-state index is 12.7. The number of carbonyl (C=O) groups is 1. The molecule has 0 radical (unpaired) electrons. The van der Waals surface area contributed by atoms with Crippen LogP contribution in [-0.2, 0) is 0 Å². The van der Waals surface area contributed by atoms with Gasteiger partial charge in [0.15, 0.2) is 0 Å². The Balaban J connectivity index is 2.16. The molecule has 0 unspecified atom stereocenters. The highest BCUT2D eigenvalue weighted by atomic mass is 16.2. The first-order valence-electron chi connectivity index (χ1n) is 8.49. The molecule has 0 aliphatic carbocycles. The Bertz CT molecular complexity index is 895. The molecule has 3 aromatic rings. The molecule has 4 nitrogen and oxygen atoms in total. The first-order valence-corrected chi connectivity index (χ1v) is 8.49. The van der Waals surface area contributed by atoms with Gasteiger partial charge in [-0.25, -0.2) is 4.68 Å². The van der Waals surface area contributed by atoms with Crippen molar-refractivity contribution in [3.05, 3.63) is 71.4 Å². The zero-order valence-electron chi connectivity index (χ0n) is 15.1. The van der Waals surface area contributed by atoms with E-state index >= 15 is 0 Å². The van der Waals surface area contributed by atoms with Crippen LogP contribution in [0.3, 0.4) is 0 Å². The first kappa shape index (κ1) is 17.0. The molecule has 0 fully saturated rings. The molecule has 2 aromatic carbocycles. The fraction of sp³-hybridized carbons (Fsp3) is 0.238. The monoisotopic (exact) mass is 333 g/mol. The molecule has 0 atom stereocenters. The highest BCUT2D eigenvalue weighted by Crippen LogP contribution is 2.24. The van der Waals surface area contributed by atoms with Crippen LogP contribution in [0.5, 0.6) is 0 Å². The summed E-state index contributed by atoms with van der Waals surface area (Å²) in [7, 11) is 0. The van der Waals surface area contributed by atoms with Crippen LogP contribution in [0.15, 0.2) is 54.6 Å². The summed E-state index contributed by atoms with van der Waals surface area (Å²) in [5.41, 5.74) is 5.46. The smallest absolute Gasteiger partial charge is 0.270 e. The Morgan fingerprint density at radius 1 is 1.04 bits per heavy atom. The summed E-state index contributed by atoms with van der Waals surface area (Å²) in [6, 6.07) is 18.0. The molecule has 1 amide bonds. The van der Waals surface area contributed by atoms with Crippen molar-refractivity contribution in [2.24, 2.45) is 0 Å². The van der Waals surface area contributed by atoms with Gasteiger partial charge in [-0.15, -0.1) is 0 Å². The second-order valence-electron chi connectivity index (χ2n) is 6.61. The molecular formula is C21H23N3O. The molecule has 0 bridgehead atoms. The quantitative estimate of drug-likeness (QED) is 0.774. The van der Waals surface area contributed by atoms with Gasteiger partial charge in [0, 0.05) is 11.6 Å². The van der Waals surface area contributed by atoms with Crippen LogP contribution in [0.4, 0.5) is 0 Å². The predicted octanol–water partition coefficient (Wildman–Crippen LogP) is 4.29.